The highest BCUT2D eigenvalue weighted by molar-refractivity contribution is 5.82. The number of carbonyl (C=O) groups is 1. The molecule has 134 valence electrons. The summed E-state index contributed by atoms with van der Waals surface area (Å²) in [7, 11) is 1.65. The van der Waals surface area contributed by atoms with Gasteiger partial charge in [0.2, 0.25) is 5.91 Å². The van der Waals surface area contributed by atoms with Crippen molar-refractivity contribution in [1.29, 1.82) is 0 Å². The normalized spacial score (nSPS) is 19.6. The van der Waals surface area contributed by atoms with Gasteiger partial charge in [-0.2, -0.15) is 0 Å². The molecule has 2 aromatic carbocycles. The lowest BCUT2D eigenvalue weighted by Crippen LogP contribution is -2.43. The van der Waals surface area contributed by atoms with Crippen LogP contribution in [0.15, 0.2) is 48.5 Å². The van der Waals surface area contributed by atoms with Gasteiger partial charge in [-0.3, -0.25) is 4.79 Å². The number of nitrogens with one attached hydrogen (secondary N) is 4. The van der Waals surface area contributed by atoms with Crippen LogP contribution < -0.4 is 20.9 Å². The number of rotatable bonds is 5. The molecule has 2 heterocycles. The Morgan fingerprint density at radius 3 is 2.96 bits per heavy atom. The van der Waals surface area contributed by atoms with Gasteiger partial charge in [-0.05, 0) is 36.2 Å². The number of para-hydroxylation sites is 2. The number of aromatic nitrogens is 2. The third-order valence-electron chi connectivity index (χ3n) is 4.58. The number of benzene rings is 2. The molecule has 0 spiro atoms. The maximum atomic E-state index is 12.5. The molecule has 3 aromatic rings. The van der Waals surface area contributed by atoms with Crippen molar-refractivity contribution in [3.63, 3.8) is 0 Å². The fourth-order valence-electron chi connectivity index (χ4n) is 3.19. The van der Waals surface area contributed by atoms with Gasteiger partial charge in [0.05, 0.1) is 24.7 Å². The molecular weight excluding hydrogens is 330 g/mol. The molecule has 0 bridgehead atoms. The molecular formula is C19H21N5O2. The van der Waals surface area contributed by atoms with E-state index in [4.69, 9.17) is 4.74 Å². The number of aromatic amines is 1. The molecule has 4 N–H and O–H groups in total. The van der Waals surface area contributed by atoms with Crippen molar-refractivity contribution in [2.24, 2.45) is 0 Å². The maximum Gasteiger partial charge on any atom is 0.238 e. The zero-order valence-electron chi connectivity index (χ0n) is 14.5. The minimum atomic E-state index is -0.296. The first-order valence-corrected chi connectivity index (χ1v) is 8.59. The zero-order chi connectivity index (χ0) is 17.9. The molecule has 1 aliphatic rings. The van der Waals surface area contributed by atoms with Gasteiger partial charge in [-0.25, -0.2) is 15.8 Å². The fraction of sp³-hybridized carbons (Fsp3) is 0.263. The van der Waals surface area contributed by atoms with Crippen molar-refractivity contribution in [3.05, 3.63) is 59.9 Å². The Bertz CT molecular complexity index is 890. The van der Waals surface area contributed by atoms with Gasteiger partial charge in [0.1, 0.15) is 17.6 Å². The average Bonchev–Trinajstić information content (AvgIpc) is 3.33. The predicted molar refractivity (Wildman–Crippen MR) is 98.4 cm³/mol. The van der Waals surface area contributed by atoms with Crippen LogP contribution in [0.5, 0.6) is 5.75 Å². The summed E-state index contributed by atoms with van der Waals surface area (Å²) in [5.74, 6) is 1.50. The third-order valence-corrected chi connectivity index (χ3v) is 4.58. The van der Waals surface area contributed by atoms with Crippen molar-refractivity contribution >= 4 is 16.9 Å². The Balaban J connectivity index is 1.35. The number of carbonyl (C=O) groups excluding carboxylic acids is 1. The molecule has 2 unspecified atom stereocenters. The summed E-state index contributed by atoms with van der Waals surface area (Å²) in [6.45, 7) is 0.371. The monoisotopic (exact) mass is 351 g/mol. The largest absolute Gasteiger partial charge is 0.497 e. The maximum absolute atomic E-state index is 12.5. The summed E-state index contributed by atoms with van der Waals surface area (Å²) >= 11 is 0. The second-order valence-electron chi connectivity index (χ2n) is 6.32. The Hall–Kier alpha value is -2.90. The summed E-state index contributed by atoms with van der Waals surface area (Å²) in [5.41, 5.74) is 9.21. The number of ether oxygens (including phenoxy) is 1. The summed E-state index contributed by atoms with van der Waals surface area (Å²) in [5, 5.41) is 2.94. The lowest BCUT2D eigenvalue weighted by atomic mass is 10.0. The number of nitrogens with zero attached hydrogens (tertiary/aromatic N) is 1. The highest BCUT2D eigenvalue weighted by Gasteiger charge is 2.30. The molecule has 1 amide bonds. The second kappa shape index (κ2) is 7.15. The molecule has 26 heavy (non-hydrogen) atoms. The molecule has 0 radical (unpaired) electrons. The number of imidazole rings is 1. The number of methoxy groups -OCH3 is 1. The molecule has 0 aliphatic carbocycles. The number of hydrogen-bond donors (Lipinski definition) is 4. The van der Waals surface area contributed by atoms with E-state index in [0.29, 0.717) is 13.0 Å². The number of amides is 1. The van der Waals surface area contributed by atoms with Gasteiger partial charge in [0, 0.05) is 6.04 Å². The molecule has 7 heteroatoms. The Morgan fingerprint density at radius 1 is 1.23 bits per heavy atom. The minimum Gasteiger partial charge on any atom is -0.497 e. The number of H-pyrrole nitrogens is 1. The van der Waals surface area contributed by atoms with Crippen molar-refractivity contribution in [2.45, 2.75) is 25.0 Å². The topological polar surface area (TPSA) is 91.1 Å². The van der Waals surface area contributed by atoms with E-state index in [-0.39, 0.29) is 18.0 Å². The van der Waals surface area contributed by atoms with Crippen molar-refractivity contribution < 1.29 is 9.53 Å². The summed E-state index contributed by atoms with van der Waals surface area (Å²) in [6, 6.07) is 15.4. The minimum absolute atomic E-state index is 0.0525. The quantitative estimate of drug-likeness (QED) is 0.563. The van der Waals surface area contributed by atoms with Crippen molar-refractivity contribution in [1.82, 2.24) is 26.1 Å². The number of hydrazine groups is 1. The second-order valence-corrected chi connectivity index (χ2v) is 6.32. The third kappa shape index (κ3) is 3.40. The van der Waals surface area contributed by atoms with Gasteiger partial charge >= 0.3 is 0 Å². The van der Waals surface area contributed by atoms with Crippen molar-refractivity contribution in [3.8, 4) is 5.75 Å². The first-order valence-electron chi connectivity index (χ1n) is 8.59. The molecule has 1 saturated heterocycles. The van der Waals surface area contributed by atoms with Gasteiger partial charge in [0.25, 0.3) is 0 Å². The van der Waals surface area contributed by atoms with Crippen LogP contribution in [0.4, 0.5) is 0 Å². The standard InChI is InChI=1S/C19H21N5O2/c1-26-13-6-4-5-12(9-13)16-10-17(24-23-16)19(25)20-11-18-21-14-7-2-3-8-15(14)22-18/h2-9,16-17,23-24H,10-11H2,1H3,(H,20,25)(H,21,22). The first kappa shape index (κ1) is 16.6. The van der Waals surface area contributed by atoms with Crippen LogP contribution in [0.3, 0.4) is 0 Å². The van der Waals surface area contributed by atoms with E-state index in [9.17, 15) is 4.79 Å². The van der Waals surface area contributed by atoms with Gasteiger partial charge < -0.3 is 15.0 Å². The smallest absolute Gasteiger partial charge is 0.238 e. The van der Waals surface area contributed by atoms with E-state index in [2.05, 4.69) is 26.1 Å². The van der Waals surface area contributed by atoms with E-state index in [1.165, 1.54) is 0 Å². The Morgan fingerprint density at radius 2 is 2.12 bits per heavy atom. The van der Waals surface area contributed by atoms with Crippen LogP contribution in [0.2, 0.25) is 0 Å². The molecule has 1 fully saturated rings. The van der Waals surface area contributed by atoms with Gasteiger partial charge in [-0.1, -0.05) is 24.3 Å². The number of hydrogen-bond acceptors (Lipinski definition) is 5. The van der Waals surface area contributed by atoms with Crippen molar-refractivity contribution in [2.75, 3.05) is 7.11 Å². The summed E-state index contributed by atoms with van der Waals surface area (Å²) in [6.07, 6.45) is 0.666. The highest BCUT2D eigenvalue weighted by Crippen LogP contribution is 2.25. The predicted octanol–water partition coefficient (Wildman–Crippen LogP) is 1.80. The van der Waals surface area contributed by atoms with Crippen LogP contribution >= 0.6 is 0 Å². The molecule has 2 atom stereocenters. The van der Waals surface area contributed by atoms with Gasteiger partial charge in [0.15, 0.2) is 0 Å². The highest BCUT2D eigenvalue weighted by atomic mass is 16.5. The van der Waals surface area contributed by atoms with Crippen LogP contribution in [0.25, 0.3) is 11.0 Å². The van der Waals surface area contributed by atoms with Crippen LogP contribution in [0, 0.1) is 0 Å². The fourth-order valence-corrected chi connectivity index (χ4v) is 3.19. The molecule has 1 aliphatic heterocycles. The Kier molecular flexibility index (Phi) is 4.55. The molecule has 4 rings (SSSR count). The van der Waals surface area contributed by atoms with Crippen LogP contribution in [0.1, 0.15) is 23.9 Å². The first-order chi connectivity index (χ1) is 12.7. The van der Waals surface area contributed by atoms with E-state index >= 15 is 0 Å². The van der Waals surface area contributed by atoms with Crippen LogP contribution in [-0.2, 0) is 11.3 Å². The lowest BCUT2D eigenvalue weighted by molar-refractivity contribution is -0.123. The zero-order valence-corrected chi connectivity index (χ0v) is 14.5. The summed E-state index contributed by atoms with van der Waals surface area (Å²) in [4.78, 5) is 20.1. The Labute approximate surface area is 151 Å². The van der Waals surface area contributed by atoms with E-state index in [0.717, 1.165) is 28.2 Å². The summed E-state index contributed by atoms with van der Waals surface area (Å²) < 4.78 is 5.26. The SMILES string of the molecule is COc1cccc(C2CC(C(=O)NCc3nc4ccccc4[nH]3)NN2)c1. The number of fused-ring (bicyclic) bond motifs is 1. The van der Waals surface area contributed by atoms with E-state index in [1.807, 2.05) is 48.5 Å². The van der Waals surface area contributed by atoms with Gasteiger partial charge in [-0.15, -0.1) is 0 Å². The van der Waals surface area contributed by atoms with Crippen LogP contribution in [-0.4, -0.2) is 29.0 Å². The lowest BCUT2D eigenvalue weighted by Gasteiger charge is -2.11. The molecule has 0 saturated carbocycles. The average molecular weight is 351 g/mol. The van der Waals surface area contributed by atoms with E-state index in [1.54, 1.807) is 7.11 Å². The van der Waals surface area contributed by atoms with E-state index < -0.39 is 0 Å². The molecule has 7 nitrogen and oxygen atoms in total. The molecule has 1 aromatic heterocycles.